The van der Waals surface area contributed by atoms with Crippen molar-refractivity contribution in [1.29, 1.82) is 0 Å². The molecule has 5 heteroatoms. The lowest BCUT2D eigenvalue weighted by Crippen LogP contribution is -2.22. The average molecular weight is 339 g/mol. The minimum Gasteiger partial charge on any atom is -0.347 e. The Kier molecular flexibility index (Phi) is 4.81. The van der Waals surface area contributed by atoms with Crippen molar-refractivity contribution in [1.82, 2.24) is 14.9 Å². The third-order valence-electron chi connectivity index (χ3n) is 3.92. The Hall–Kier alpha value is -2.40. The maximum atomic E-state index is 12.4. The van der Waals surface area contributed by atoms with Gasteiger partial charge in [0.25, 0.3) is 5.91 Å². The van der Waals surface area contributed by atoms with Crippen LogP contribution in [0.15, 0.2) is 48.8 Å². The molecule has 0 aliphatic rings. The third-order valence-corrected chi connectivity index (χ3v) is 5.09. The molecule has 4 nitrogen and oxygen atoms in total. The number of amides is 1. The fourth-order valence-corrected chi connectivity index (χ4v) is 3.40. The lowest BCUT2D eigenvalue weighted by Gasteiger charge is -2.08. The molecule has 2 aromatic heterocycles. The second-order valence-corrected chi connectivity index (χ2v) is 7.06. The molecule has 1 aromatic carbocycles. The van der Waals surface area contributed by atoms with E-state index in [2.05, 4.69) is 48.4 Å². The van der Waals surface area contributed by atoms with Gasteiger partial charge in [-0.25, -0.2) is 4.98 Å². The highest BCUT2D eigenvalue weighted by atomic mass is 32.1. The Morgan fingerprint density at radius 3 is 2.50 bits per heavy atom. The molecule has 1 N–H and O–H groups in total. The van der Waals surface area contributed by atoms with Gasteiger partial charge in [0.05, 0.1) is 5.69 Å². The van der Waals surface area contributed by atoms with E-state index in [1.807, 2.05) is 36.0 Å². The van der Waals surface area contributed by atoms with Crippen LogP contribution in [0.2, 0.25) is 0 Å². The fraction of sp³-hybridized carbons (Fsp3) is 0.263. The van der Waals surface area contributed by atoms with E-state index in [4.69, 9.17) is 0 Å². The molecular weight excluding hydrogens is 318 g/mol. The summed E-state index contributed by atoms with van der Waals surface area (Å²) in [6, 6.07) is 12.3. The summed E-state index contributed by atoms with van der Waals surface area (Å²) in [4.78, 5) is 17.6. The SMILES string of the molecule is Cc1nc(-n2cccc2)sc1C(=O)NCc1ccc(C(C)C)cc1. The van der Waals surface area contributed by atoms with Crippen LogP contribution in [0.1, 0.15) is 46.3 Å². The fourth-order valence-electron chi connectivity index (χ4n) is 2.45. The highest BCUT2D eigenvalue weighted by Gasteiger charge is 2.15. The van der Waals surface area contributed by atoms with Gasteiger partial charge in [-0.1, -0.05) is 49.4 Å². The summed E-state index contributed by atoms with van der Waals surface area (Å²) < 4.78 is 1.92. The zero-order valence-electron chi connectivity index (χ0n) is 14.1. The van der Waals surface area contributed by atoms with Gasteiger partial charge in [0.1, 0.15) is 4.88 Å². The second-order valence-electron chi connectivity index (χ2n) is 6.08. The summed E-state index contributed by atoms with van der Waals surface area (Å²) in [7, 11) is 0. The van der Waals surface area contributed by atoms with Gasteiger partial charge in [-0.15, -0.1) is 0 Å². The number of carbonyl (C=O) groups excluding carboxylic acids is 1. The van der Waals surface area contributed by atoms with Crippen LogP contribution in [0.3, 0.4) is 0 Å². The first-order valence-corrected chi connectivity index (χ1v) is 8.84. The quantitative estimate of drug-likeness (QED) is 0.753. The summed E-state index contributed by atoms with van der Waals surface area (Å²) in [5, 5.41) is 3.79. The summed E-state index contributed by atoms with van der Waals surface area (Å²) in [5.74, 6) is 0.442. The molecule has 1 amide bonds. The van der Waals surface area contributed by atoms with Crippen LogP contribution in [0.25, 0.3) is 5.13 Å². The Balaban J connectivity index is 1.67. The second kappa shape index (κ2) is 7.01. The molecule has 0 atom stereocenters. The van der Waals surface area contributed by atoms with Gasteiger partial charge in [-0.3, -0.25) is 4.79 Å². The normalized spacial score (nSPS) is 11.0. The van der Waals surface area contributed by atoms with Crippen LogP contribution in [0.4, 0.5) is 0 Å². The number of carbonyl (C=O) groups is 1. The first kappa shape index (κ1) is 16.5. The van der Waals surface area contributed by atoms with Crippen LogP contribution in [-0.2, 0) is 6.54 Å². The van der Waals surface area contributed by atoms with Gasteiger partial charge in [0.2, 0.25) is 0 Å². The molecule has 0 unspecified atom stereocenters. The van der Waals surface area contributed by atoms with Crippen molar-refractivity contribution in [3.63, 3.8) is 0 Å². The molecule has 0 saturated carbocycles. The first-order valence-electron chi connectivity index (χ1n) is 8.02. The van der Waals surface area contributed by atoms with Crippen molar-refractivity contribution >= 4 is 17.2 Å². The summed E-state index contributed by atoms with van der Waals surface area (Å²) in [6.07, 6.45) is 3.85. The highest BCUT2D eigenvalue weighted by molar-refractivity contribution is 7.16. The zero-order valence-corrected chi connectivity index (χ0v) is 14.9. The van der Waals surface area contributed by atoms with Crippen molar-refractivity contribution in [3.05, 3.63) is 70.5 Å². The summed E-state index contributed by atoms with van der Waals surface area (Å²) in [6.45, 7) is 6.74. The van der Waals surface area contributed by atoms with E-state index in [1.165, 1.54) is 16.9 Å². The number of aryl methyl sites for hydroxylation is 1. The number of rotatable bonds is 5. The largest absolute Gasteiger partial charge is 0.347 e. The summed E-state index contributed by atoms with van der Waals surface area (Å²) >= 11 is 1.41. The lowest BCUT2D eigenvalue weighted by molar-refractivity contribution is 0.0954. The standard InChI is InChI=1S/C19H21N3OS/c1-13(2)16-8-6-15(7-9-16)12-20-18(23)17-14(3)21-19(24-17)22-10-4-5-11-22/h4-11,13H,12H2,1-3H3,(H,20,23). The molecule has 0 fully saturated rings. The minimum absolute atomic E-state index is 0.0728. The Labute approximate surface area is 146 Å². The van der Waals surface area contributed by atoms with Crippen molar-refractivity contribution in [2.75, 3.05) is 0 Å². The predicted molar refractivity (Wildman–Crippen MR) is 97.9 cm³/mol. The minimum atomic E-state index is -0.0728. The molecule has 0 spiro atoms. The average Bonchev–Trinajstić information content (AvgIpc) is 3.22. The Morgan fingerprint density at radius 1 is 1.21 bits per heavy atom. The van der Waals surface area contributed by atoms with E-state index in [1.54, 1.807) is 0 Å². The number of aromatic nitrogens is 2. The molecular formula is C19H21N3OS. The molecule has 24 heavy (non-hydrogen) atoms. The molecule has 0 aliphatic carbocycles. The van der Waals surface area contributed by atoms with Crippen LogP contribution in [0.5, 0.6) is 0 Å². The molecule has 3 rings (SSSR count). The first-order chi connectivity index (χ1) is 11.5. The topological polar surface area (TPSA) is 46.9 Å². The molecule has 124 valence electrons. The number of benzene rings is 1. The van der Waals surface area contributed by atoms with E-state index in [9.17, 15) is 4.79 Å². The van der Waals surface area contributed by atoms with Gasteiger partial charge < -0.3 is 9.88 Å². The smallest absolute Gasteiger partial charge is 0.263 e. The van der Waals surface area contributed by atoms with Crippen LogP contribution in [0, 0.1) is 6.92 Å². The lowest BCUT2D eigenvalue weighted by atomic mass is 10.0. The van der Waals surface area contributed by atoms with Crippen LogP contribution in [-0.4, -0.2) is 15.5 Å². The molecule has 0 saturated heterocycles. The monoisotopic (exact) mass is 339 g/mol. The van der Waals surface area contributed by atoms with Gasteiger partial charge in [-0.05, 0) is 36.1 Å². The molecule has 3 aromatic rings. The van der Waals surface area contributed by atoms with Gasteiger partial charge >= 0.3 is 0 Å². The van der Waals surface area contributed by atoms with Crippen molar-refractivity contribution < 1.29 is 4.79 Å². The number of hydrogen-bond donors (Lipinski definition) is 1. The molecule has 2 heterocycles. The number of nitrogens with zero attached hydrogens (tertiary/aromatic N) is 2. The highest BCUT2D eigenvalue weighted by Crippen LogP contribution is 2.22. The number of hydrogen-bond acceptors (Lipinski definition) is 3. The predicted octanol–water partition coefficient (Wildman–Crippen LogP) is 4.30. The van der Waals surface area contributed by atoms with Crippen molar-refractivity contribution in [2.24, 2.45) is 0 Å². The number of thiazole rings is 1. The van der Waals surface area contributed by atoms with Crippen molar-refractivity contribution in [3.8, 4) is 5.13 Å². The van der Waals surface area contributed by atoms with E-state index >= 15 is 0 Å². The Bertz CT molecular complexity index is 817. The maximum Gasteiger partial charge on any atom is 0.263 e. The van der Waals surface area contributed by atoms with E-state index in [0.29, 0.717) is 17.3 Å². The van der Waals surface area contributed by atoms with E-state index in [-0.39, 0.29) is 5.91 Å². The van der Waals surface area contributed by atoms with Crippen LogP contribution < -0.4 is 5.32 Å². The zero-order chi connectivity index (χ0) is 17.1. The van der Waals surface area contributed by atoms with E-state index < -0.39 is 0 Å². The third kappa shape index (κ3) is 3.57. The van der Waals surface area contributed by atoms with E-state index in [0.717, 1.165) is 16.4 Å². The van der Waals surface area contributed by atoms with Gasteiger partial charge in [0, 0.05) is 18.9 Å². The molecule has 0 radical (unpaired) electrons. The van der Waals surface area contributed by atoms with Gasteiger partial charge in [-0.2, -0.15) is 0 Å². The van der Waals surface area contributed by atoms with Crippen LogP contribution >= 0.6 is 11.3 Å². The number of nitrogens with one attached hydrogen (secondary N) is 1. The molecule has 0 aliphatic heterocycles. The summed E-state index contributed by atoms with van der Waals surface area (Å²) in [5.41, 5.74) is 3.16. The maximum absolute atomic E-state index is 12.4. The Morgan fingerprint density at radius 2 is 1.88 bits per heavy atom. The van der Waals surface area contributed by atoms with Crippen molar-refractivity contribution in [2.45, 2.75) is 33.2 Å². The van der Waals surface area contributed by atoms with Gasteiger partial charge in [0.15, 0.2) is 5.13 Å². The molecule has 0 bridgehead atoms.